The first-order valence-electron chi connectivity index (χ1n) is 6.73. The van der Waals surface area contributed by atoms with Gasteiger partial charge in [0.15, 0.2) is 0 Å². The monoisotopic (exact) mass is 294 g/mol. The molecule has 2 unspecified atom stereocenters. The Morgan fingerprint density at radius 1 is 1.24 bits per heavy atom. The van der Waals surface area contributed by atoms with Gasteiger partial charge in [0.1, 0.15) is 5.75 Å². The average Bonchev–Trinajstić information content (AvgIpc) is 2.62. The summed E-state index contributed by atoms with van der Waals surface area (Å²) in [5, 5.41) is 30.9. The molecule has 0 bridgehead atoms. The molecular formula is C14H18N2O5. The number of aromatic hydroxyl groups is 1. The summed E-state index contributed by atoms with van der Waals surface area (Å²) >= 11 is 0. The highest BCUT2D eigenvalue weighted by atomic mass is 16.4. The Kier molecular flexibility index (Phi) is 4.64. The number of nitrogens with zero attached hydrogens (tertiary/aromatic N) is 1. The summed E-state index contributed by atoms with van der Waals surface area (Å²) in [5.74, 6) is -0.357. The Bertz CT molecular complexity index is 517. The maximum atomic E-state index is 12.1. The van der Waals surface area contributed by atoms with Crippen molar-refractivity contribution in [2.75, 3.05) is 13.1 Å². The van der Waals surface area contributed by atoms with Crippen LogP contribution in [0.25, 0.3) is 0 Å². The van der Waals surface area contributed by atoms with E-state index >= 15 is 0 Å². The first kappa shape index (κ1) is 15.1. The summed E-state index contributed by atoms with van der Waals surface area (Å²) in [4.78, 5) is 24.3. The molecule has 2 atom stereocenters. The Hall–Kier alpha value is -2.28. The largest absolute Gasteiger partial charge is 0.508 e. The molecule has 0 aliphatic carbocycles. The Balaban J connectivity index is 2.06. The summed E-state index contributed by atoms with van der Waals surface area (Å²) in [6, 6.07) is 5.06. The van der Waals surface area contributed by atoms with Crippen LogP contribution in [0, 0.1) is 0 Å². The maximum Gasteiger partial charge on any atom is 0.407 e. The number of likely N-dealkylation sites (tertiary alicyclic amines) is 1. The van der Waals surface area contributed by atoms with Gasteiger partial charge in [0, 0.05) is 18.7 Å². The molecule has 1 aromatic carbocycles. The van der Waals surface area contributed by atoms with Crippen LogP contribution in [0.15, 0.2) is 24.3 Å². The van der Waals surface area contributed by atoms with E-state index in [4.69, 9.17) is 5.11 Å². The minimum absolute atomic E-state index is 0.0538. The second-order valence-electron chi connectivity index (χ2n) is 5.06. The highest BCUT2D eigenvalue weighted by molar-refractivity contribution is 5.94. The number of carboxylic acid groups (broad SMARTS) is 1. The highest BCUT2D eigenvalue weighted by Crippen LogP contribution is 2.14. The minimum Gasteiger partial charge on any atom is -0.508 e. The van der Waals surface area contributed by atoms with Crippen molar-refractivity contribution in [3.05, 3.63) is 29.8 Å². The van der Waals surface area contributed by atoms with Crippen LogP contribution in [0.3, 0.4) is 0 Å². The van der Waals surface area contributed by atoms with Gasteiger partial charge in [0.25, 0.3) is 5.91 Å². The van der Waals surface area contributed by atoms with Crippen LogP contribution >= 0.6 is 0 Å². The van der Waals surface area contributed by atoms with Crippen molar-refractivity contribution in [3.63, 3.8) is 0 Å². The van der Waals surface area contributed by atoms with E-state index in [1.165, 1.54) is 29.2 Å². The quantitative estimate of drug-likeness (QED) is 0.639. The van der Waals surface area contributed by atoms with Gasteiger partial charge in [-0.1, -0.05) is 0 Å². The lowest BCUT2D eigenvalue weighted by Crippen LogP contribution is -2.49. The number of carbonyl (C=O) groups excluding carboxylic acids is 1. The van der Waals surface area contributed by atoms with Crippen LogP contribution in [0.5, 0.6) is 5.75 Å². The molecule has 1 aliphatic heterocycles. The summed E-state index contributed by atoms with van der Waals surface area (Å²) in [6.07, 6.45) is -0.855. The first-order chi connectivity index (χ1) is 9.97. The van der Waals surface area contributed by atoms with Crippen LogP contribution in [0.1, 0.15) is 23.2 Å². The average molecular weight is 294 g/mol. The summed E-state index contributed by atoms with van der Waals surface area (Å²) in [6.45, 7) is 0.401. The predicted molar refractivity (Wildman–Crippen MR) is 74.2 cm³/mol. The van der Waals surface area contributed by atoms with E-state index in [2.05, 4.69) is 5.32 Å². The lowest BCUT2D eigenvalue weighted by atomic mass is 10.1. The second kappa shape index (κ2) is 6.45. The van der Waals surface area contributed by atoms with E-state index in [1.807, 2.05) is 0 Å². The number of aliphatic hydroxyl groups is 1. The van der Waals surface area contributed by atoms with Crippen molar-refractivity contribution in [3.8, 4) is 5.75 Å². The zero-order chi connectivity index (χ0) is 15.4. The van der Waals surface area contributed by atoms with E-state index in [-0.39, 0.29) is 12.3 Å². The van der Waals surface area contributed by atoms with Gasteiger partial charge in [-0.05, 0) is 37.1 Å². The van der Waals surface area contributed by atoms with Crippen LogP contribution in [0.4, 0.5) is 4.79 Å². The molecule has 1 aromatic rings. The van der Waals surface area contributed by atoms with Crippen molar-refractivity contribution in [2.45, 2.75) is 25.0 Å². The molecule has 0 spiro atoms. The summed E-state index contributed by atoms with van der Waals surface area (Å²) in [5.41, 5.74) is 0.339. The normalized spacial score (nSPS) is 22.4. The molecule has 1 heterocycles. The summed E-state index contributed by atoms with van der Waals surface area (Å²) in [7, 11) is 0. The predicted octanol–water partition coefficient (Wildman–Crippen LogP) is 0.625. The fraction of sp³-hybridized carbons (Fsp3) is 0.429. The maximum absolute atomic E-state index is 12.1. The van der Waals surface area contributed by atoms with E-state index in [9.17, 15) is 19.8 Å². The highest BCUT2D eigenvalue weighted by Gasteiger charge is 2.29. The first-order valence-corrected chi connectivity index (χ1v) is 6.73. The zero-order valence-electron chi connectivity index (χ0n) is 11.4. The molecule has 2 rings (SSSR count). The van der Waals surface area contributed by atoms with E-state index in [0.29, 0.717) is 24.9 Å². The number of phenolic OH excluding ortho intramolecular Hbond substituents is 1. The topological polar surface area (TPSA) is 110 Å². The molecule has 0 radical (unpaired) electrons. The van der Waals surface area contributed by atoms with Crippen molar-refractivity contribution < 1.29 is 24.9 Å². The molecule has 1 saturated heterocycles. The van der Waals surface area contributed by atoms with Gasteiger partial charge in [-0.25, -0.2) is 4.79 Å². The molecular weight excluding hydrogens is 276 g/mol. The molecule has 0 aromatic heterocycles. The number of hydrogen-bond donors (Lipinski definition) is 4. The number of phenols is 1. The smallest absolute Gasteiger partial charge is 0.407 e. The van der Waals surface area contributed by atoms with Crippen molar-refractivity contribution in [2.24, 2.45) is 0 Å². The van der Waals surface area contributed by atoms with E-state index < -0.39 is 24.1 Å². The number of hydrogen-bond acceptors (Lipinski definition) is 4. The standard InChI is InChI=1S/C14H18N2O5/c17-10-5-3-9(4-6-10)13(19)15-11-8-16(14(20)21)7-1-2-12(11)18/h3-6,11-12,17-18H,1-2,7-8H2,(H,15,19)(H,20,21). The SMILES string of the molecule is O=C(NC1CN(C(=O)O)CCCC1O)c1ccc(O)cc1. The van der Waals surface area contributed by atoms with Gasteiger partial charge in [-0.2, -0.15) is 0 Å². The molecule has 7 nitrogen and oxygen atoms in total. The molecule has 1 aliphatic rings. The van der Waals surface area contributed by atoms with E-state index in [1.54, 1.807) is 0 Å². The second-order valence-corrected chi connectivity index (χ2v) is 5.06. The Morgan fingerprint density at radius 3 is 2.52 bits per heavy atom. The van der Waals surface area contributed by atoms with Crippen LogP contribution < -0.4 is 5.32 Å². The molecule has 114 valence electrons. The third-order valence-electron chi connectivity index (χ3n) is 3.53. The number of rotatable bonds is 2. The third kappa shape index (κ3) is 3.85. The molecule has 21 heavy (non-hydrogen) atoms. The third-order valence-corrected chi connectivity index (χ3v) is 3.53. The van der Waals surface area contributed by atoms with Gasteiger partial charge in [0.05, 0.1) is 12.1 Å². The molecule has 7 heteroatoms. The van der Waals surface area contributed by atoms with Gasteiger partial charge in [0.2, 0.25) is 0 Å². The number of carbonyl (C=O) groups is 2. The Morgan fingerprint density at radius 2 is 1.90 bits per heavy atom. The van der Waals surface area contributed by atoms with Gasteiger partial charge in [-0.15, -0.1) is 0 Å². The number of aliphatic hydroxyl groups excluding tert-OH is 1. The van der Waals surface area contributed by atoms with Crippen LogP contribution in [-0.2, 0) is 0 Å². The van der Waals surface area contributed by atoms with Gasteiger partial charge in [-0.3, -0.25) is 4.79 Å². The molecule has 4 N–H and O–H groups in total. The number of amides is 2. The lowest BCUT2D eigenvalue weighted by Gasteiger charge is -2.25. The Labute approximate surface area is 121 Å². The molecule has 1 fully saturated rings. The van der Waals surface area contributed by atoms with Gasteiger partial charge >= 0.3 is 6.09 Å². The van der Waals surface area contributed by atoms with Gasteiger partial charge < -0.3 is 25.5 Å². The van der Waals surface area contributed by atoms with E-state index in [0.717, 1.165) is 0 Å². The lowest BCUT2D eigenvalue weighted by molar-refractivity contribution is 0.0792. The fourth-order valence-corrected chi connectivity index (χ4v) is 2.32. The number of benzene rings is 1. The summed E-state index contributed by atoms with van der Waals surface area (Å²) < 4.78 is 0. The zero-order valence-corrected chi connectivity index (χ0v) is 11.4. The van der Waals surface area contributed by atoms with Crippen molar-refractivity contribution in [1.29, 1.82) is 0 Å². The van der Waals surface area contributed by atoms with Crippen molar-refractivity contribution >= 4 is 12.0 Å². The van der Waals surface area contributed by atoms with Crippen LogP contribution in [0.2, 0.25) is 0 Å². The number of nitrogens with one attached hydrogen (secondary N) is 1. The minimum atomic E-state index is -1.06. The molecule has 0 saturated carbocycles. The fourth-order valence-electron chi connectivity index (χ4n) is 2.32. The van der Waals surface area contributed by atoms with Crippen molar-refractivity contribution in [1.82, 2.24) is 10.2 Å². The van der Waals surface area contributed by atoms with Crippen LogP contribution in [-0.4, -0.2) is 57.5 Å². The molecule has 2 amide bonds.